The van der Waals surface area contributed by atoms with E-state index in [4.69, 9.17) is 9.47 Å². The molecule has 0 bridgehead atoms. The summed E-state index contributed by atoms with van der Waals surface area (Å²) in [6, 6.07) is 23.7. The van der Waals surface area contributed by atoms with Gasteiger partial charge in [0, 0.05) is 5.56 Å². The molecule has 0 fully saturated rings. The van der Waals surface area contributed by atoms with Crippen LogP contribution in [-0.2, 0) is 41.1 Å². The fourth-order valence-electron chi connectivity index (χ4n) is 3.51. The van der Waals surface area contributed by atoms with E-state index in [1.165, 1.54) is 5.56 Å². The number of esters is 1. The molecular weight excluding hydrogens is 432 g/mol. The summed E-state index contributed by atoms with van der Waals surface area (Å²) in [6.45, 7) is 5.91. The molecule has 0 N–H and O–H groups in total. The summed E-state index contributed by atoms with van der Waals surface area (Å²) in [5.74, 6) is 0.917. The smallest absolute Gasteiger partial charge is 0.338 e. The minimum absolute atomic E-state index is 0.339. The Morgan fingerprint density at radius 2 is 1.52 bits per heavy atom. The average Bonchev–Trinajstić information content (AvgIpc) is 2.76. The van der Waals surface area contributed by atoms with Gasteiger partial charge >= 0.3 is 5.97 Å². The second kappa shape index (κ2) is 11.4. The Morgan fingerprint density at radius 1 is 0.848 bits per heavy atom. The van der Waals surface area contributed by atoms with Gasteiger partial charge in [0.05, 0.1) is 11.8 Å². The van der Waals surface area contributed by atoms with Gasteiger partial charge in [0.15, 0.2) is 0 Å². The van der Waals surface area contributed by atoms with Crippen LogP contribution in [-0.4, -0.2) is 22.4 Å². The number of ether oxygens (including phenoxy) is 2. The highest BCUT2D eigenvalue weighted by molar-refractivity contribution is 7.89. The van der Waals surface area contributed by atoms with E-state index in [0.29, 0.717) is 17.9 Å². The first-order chi connectivity index (χ1) is 15.7. The number of hydrogen-bond donors (Lipinski definition) is 0. The van der Waals surface area contributed by atoms with Crippen molar-refractivity contribution in [3.63, 3.8) is 0 Å². The van der Waals surface area contributed by atoms with E-state index < -0.39 is 16.8 Å². The van der Waals surface area contributed by atoms with Gasteiger partial charge in [-0.1, -0.05) is 71.8 Å². The molecule has 1 unspecified atom stereocenters. The lowest BCUT2D eigenvalue weighted by Gasteiger charge is -2.19. The van der Waals surface area contributed by atoms with Gasteiger partial charge in [-0.2, -0.15) is 0 Å². The van der Waals surface area contributed by atoms with Gasteiger partial charge in [0.1, 0.15) is 23.7 Å². The molecule has 33 heavy (non-hydrogen) atoms. The number of rotatable bonds is 9. The van der Waals surface area contributed by atoms with Crippen LogP contribution in [0.5, 0.6) is 5.75 Å². The van der Waals surface area contributed by atoms with Crippen molar-refractivity contribution in [2.24, 2.45) is 0 Å². The van der Waals surface area contributed by atoms with Crippen molar-refractivity contribution >= 4 is 17.1 Å². The van der Waals surface area contributed by atoms with Crippen molar-refractivity contribution in [1.82, 2.24) is 0 Å². The minimum Gasteiger partial charge on any atom is -0.616 e. The topological polar surface area (TPSA) is 58.6 Å². The Kier molecular flexibility index (Phi) is 8.59. The third-order valence-electron chi connectivity index (χ3n) is 5.03. The Labute approximate surface area is 200 Å². The number of aryl methyl sites for hydroxylation is 2. The van der Waals surface area contributed by atoms with Crippen molar-refractivity contribution < 1.29 is 18.8 Å². The van der Waals surface area contributed by atoms with Gasteiger partial charge in [-0.05, 0) is 62.4 Å². The molecule has 0 aliphatic carbocycles. The van der Waals surface area contributed by atoms with E-state index in [1.807, 2.05) is 63.2 Å². The lowest BCUT2D eigenvalue weighted by Crippen LogP contribution is -2.23. The highest BCUT2D eigenvalue weighted by atomic mass is 32.2. The maximum Gasteiger partial charge on any atom is 0.338 e. The third kappa shape index (κ3) is 7.95. The van der Waals surface area contributed by atoms with E-state index >= 15 is 0 Å². The van der Waals surface area contributed by atoms with Crippen molar-refractivity contribution in [2.45, 2.75) is 51.6 Å². The Morgan fingerprint density at radius 3 is 2.15 bits per heavy atom. The van der Waals surface area contributed by atoms with Gasteiger partial charge < -0.3 is 14.0 Å². The molecule has 5 heteroatoms. The summed E-state index contributed by atoms with van der Waals surface area (Å²) in [5.41, 5.74) is 4.25. The fourth-order valence-corrected chi connectivity index (χ4v) is 4.17. The zero-order chi connectivity index (χ0) is 23.8. The van der Waals surface area contributed by atoms with Crippen LogP contribution in [0.15, 0.2) is 72.8 Å². The first-order valence-corrected chi connectivity index (χ1v) is 12.8. The Hall–Kier alpha value is -2.76. The highest BCUT2D eigenvalue weighted by Gasteiger charge is 2.18. The molecule has 0 amide bonds. The molecular formula is C28H32O4S. The molecule has 3 aromatic rings. The predicted molar refractivity (Wildman–Crippen MR) is 134 cm³/mol. The second-order valence-corrected chi connectivity index (χ2v) is 10.5. The van der Waals surface area contributed by atoms with Crippen LogP contribution in [0, 0.1) is 0 Å². The summed E-state index contributed by atoms with van der Waals surface area (Å²) in [7, 11) is 0. The first-order valence-electron chi connectivity index (χ1n) is 11.1. The van der Waals surface area contributed by atoms with Crippen LogP contribution in [0.3, 0.4) is 0 Å². The van der Waals surface area contributed by atoms with Crippen molar-refractivity contribution in [3.8, 4) is 5.75 Å². The van der Waals surface area contributed by atoms with Gasteiger partial charge in [-0.15, -0.1) is 0 Å². The van der Waals surface area contributed by atoms with Gasteiger partial charge in [0.25, 0.3) is 0 Å². The van der Waals surface area contributed by atoms with Crippen LogP contribution in [0.4, 0.5) is 0 Å². The van der Waals surface area contributed by atoms with Gasteiger partial charge in [-0.3, -0.25) is 0 Å². The molecule has 1 atom stereocenters. The molecule has 3 aromatic carbocycles. The predicted octanol–water partition coefficient (Wildman–Crippen LogP) is 5.88. The van der Waals surface area contributed by atoms with Crippen LogP contribution in [0.1, 0.15) is 53.4 Å². The van der Waals surface area contributed by atoms with Crippen LogP contribution in [0.25, 0.3) is 0 Å². The summed E-state index contributed by atoms with van der Waals surface area (Å²) in [4.78, 5) is 12.2. The number of benzene rings is 3. The SMILES string of the molecule is C[S+]([O-])Cc1cccc(CCc2ccccc2)c1OCc1ccc(C(=O)OC(C)(C)C)cc1. The summed E-state index contributed by atoms with van der Waals surface area (Å²) < 4.78 is 23.6. The number of carbonyl (C=O) groups is 1. The molecule has 0 aromatic heterocycles. The first kappa shape index (κ1) is 24.9. The number of carbonyl (C=O) groups excluding carboxylic acids is 1. The second-order valence-electron chi connectivity index (χ2n) is 9.10. The van der Waals surface area contributed by atoms with Crippen molar-refractivity contribution in [2.75, 3.05) is 6.26 Å². The van der Waals surface area contributed by atoms with Crippen molar-refractivity contribution in [1.29, 1.82) is 0 Å². The Balaban J connectivity index is 1.73. The quantitative estimate of drug-likeness (QED) is 0.293. The van der Waals surface area contributed by atoms with E-state index in [9.17, 15) is 9.35 Å². The summed E-state index contributed by atoms with van der Waals surface area (Å²) >= 11 is -0.971. The highest BCUT2D eigenvalue weighted by Crippen LogP contribution is 2.28. The number of para-hydroxylation sites is 1. The monoisotopic (exact) mass is 464 g/mol. The molecule has 0 aliphatic rings. The van der Waals surface area contributed by atoms with Gasteiger partial charge in [0.2, 0.25) is 0 Å². The van der Waals surface area contributed by atoms with Crippen LogP contribution in [0.2, 0.25) is 0 Å². The van der Waals surface area contributed by atoms with Gasteiger partial charge in [-0.25, -0.2) is 4.79 Å². The molecule has 4 nitrogen and oxygen atoms in total. The molecule has 0 radical (unpaired) electrons. The zero-order valence-corrected chi connectivity index (χ0v) is 20.6. The minimum atomic E-state index is -0.971. The van der Waals surface area contributed by atoms with E-state index in [1.54, 1.807) is 18.4 Å². The number of hydrogen-bond acceptors (Lipinski definition) is 4. The van der Waals surface area contributed by atoms with E-state index in [2.05, 4.69) is 18.2 Å². The summed E-state index contributed by atoms with van der Waals surface area (Å²) in [5, 5.41) is 0. The molecule has 0 aliphatic heterocycles. The maximum atomic E-state index is 12.2. The van der Waals surface area contributed by atoms with E-state index in [0.717, 1.165) is 35.3 Å². The lowest BCUT2D eigenvalue weighted by molar-refractivity contribution is 0.00694. The van der Waals surface area contributed by atoms with Crippen LogP contribution < -0.4 is 4.74 Å². The molecule has 0 saturated heterocycles. The van der Waals surface area contributed by atoms with E-state index in [-0.39, 0.29) is 5.97 Å². The molecule has 174 valence electrons. The lowest BCUT2D eigenvalue weighted by atomic mass is 10.0. The fraction of sp³-hybridized carbons (Fsp3) is 0.321. The van der Waals surface area contributed by atoms with Crippen LogP contribution >= 0.6 is 0 Å². The average molecular weight is 465 g/mol. The zero-order valence-electron chi connectivity index (χ0n) is 19.8. The standard InChI is InChI=1S/C28H32O4S/c1-28(2,3)32-27(29)24-17-14-22(15-18-24)19-31-26-23(11-8-12-25(26)20-33(4)30)16-13-21-9-6-5-7-10-21/h5-12,14-15,17-18H,13,16,19-20H2,1-4H3. The largest absolute Gasteiger partial charge is 0.616 e. The molecule has 0 saturated carbocycles. The maximum absolute atomic E-state index is 12.2. The normalized spacial score (nSPS) is 12.3. The molecule has 0 heterocycles. The molecule has 0 spiro atoms. The van der Waals surface area contributed by atoms with Crippen molar-refractivity contribution in [3.05, 3.63) is 101 Å². The third-order valence-corrected chi connectivity index (χ3v) is 5.75. The Bertz CT molecular complexity index is 1040. The molecule has 3 rings (SSSR count). The summed E-state index contributed by atoms with van der Waals surface area (Å²) in [6.07, 6.45) is 3.44.